The van der Waals surface area contributed by atoms with Crippen LogP contribution in [-0.4, -0.2) is 34.4 Å². The van der Waals surface area contributed by atoms with Gasteiger partial charge in [-0.05, 0) is 24.8 Å². The molecule has 1 aliphatic heterocycles. The van der Waals surface area contributed by atoms with Crippen molar-refractivity contribution in [3.8, 4) is 11.3 Å². The molecule has 120 valence electrons. The molecule has 23 heavy (non-hydrogen) atoms. The number of ether oxygens (including phenoxy) is 1. The molecule has 1 N–H and O–H groups in total. The van der Waals surface area contributed by atoms with Gasteiger partial charge in [0.05, 0.1) is 16.9 Å². The third kappa shape index (κ3) is 3.06. The van der Waals surface area contributed by atoms with E-state index in [0.29, 0.717) is 10.9 Å². The maximum absolute atomic E-state index is 6.29. The van der Waals surface area contributed by atoms with Crippen LogP contribution < -0.4 is 5.32 Å². The summed E-state index contributed by atoms with van der Waals surface area (Å²) in [5, 5.41) is 9.69. The van der Waals surface area contributed by atoms with Gasteiger partial charge in [-0.2, -0.15) is 0 Å². The topological polar surface area (TPSA) is 51.5 Å². The maximum atomic E-state index is 6.29. The van der Waals surface area contributed by atoms with Gasteiger partial charge in [-0.1, -0.05) is 41.1 Å². The van der Waals surface area contributed by atoms with Crippen molar-refractivity contribution in [1.29, 1.82) is 0 Å². The summed E-state index contributed by atoms with van der Waals surface area (Å²) >= 11 is 7.86. The second kappa shape index (κ2) is 6.47. The molecule has 3 aromatic rings. The lowest BCUT2D eigenvalue weighted by Gasteiger charge is -2.21. The van der Waals surface area contributed by atoms with Crippen molar-refractivity contribution in [3.63, 3.8) is 0 Å². The first-order chi connectivity index (χ1) is 11.3. The quantitative estimate of drug-likeness (QED) is 0.775. The first-order valence-corrected chi connectivity index (χ1v) is 8.92. The molecule has 1 aromatic carbocycles. The van der Waals surface area contributed by atoms with Crippen molar-refractivity contribution in [2.45, 2.75) is 12.8 Å². The number of aromatic nitrogens is 3. The Morgan fingerprint density at radius 2 is 2.13 bits per heavy atom. The van der Waals surface area contributed by atoms with E-state index in [-0.39, 0.29) is 0 Å². The minimum absolute atomic E-state index is 0.656. The van der Waals surface area contributed by atoms with Crippen LogP contribution in [0.25, 0.3) is 16.2 Å². The lowest BCUT2D eigenvalue weighted by molar-refractivity contribution is 0.0699. The molecule has 7 heteroatoms. The van der Waals surface area contributed by atoms with Crippen LogP contribution >= 0.6 is 22.9 Å². The van der Waals surface area contributed by atoms with E-state index < -0.39 is 0 Å². The van der Waals surface area contributed by atoms with E-state index in [4.69, 9.17) is 16.3 Å². The first-order valence-electron chi connectivity index (χ1n) is 7.72. The van der Waals surface area contributed by atoms with Crippen LogP contribution in [0.3, 0.4) is 0 Å². The van der Waals surface area contributed by atoms with Gasteiger partial charge in [0.15, 0.2) is 0 Å². The number of rotatable bonds is 4. The minimum Gasteiger partial charge on any atom is -0.381 e. The fourth-order valence-electron chi connectivity index (χ4n) is 2.80. The molecule has 5 nitrogen and oxygen atoms in total. The van der Waals surface area contributed by atoms with Crippen LogP contribution in [0.1, 0.15) is 12.8 Å². The molecule has 0 aliphatic carbocycles. The number of benzene rings is 1. The lowest BCUT2D eigenvalue weighted by Crippen LogP contribution is -2.22. The smallest absolute Gasteiger partial charge is 0.214 e. The molecule has 3 heterocycles. The van der Waals surface area contributed by atoms with Crippen LogP contribution in [0.15, 0.2) is 30.5 Å². The Morgan fingerprint density at radius 3 is 2.96 bits per heavy atom. The van der Waals surface area contributed by atoms with Gasteiger partial charge in [-0.15, -0.1) is 5.10 Å². The number of fused-ring (bicyclic) bond motifs is 1. The van der Waals surface area contributed by atoms with Crippen molar-refractivity contribution in [1.82, 2.24) is 14.6 Å². The number of nitrogens with one attached hydrogen (secondary N) is 1. The van der Waals surface area contributed by atoms with Gasteiger partial charge in [0.1, 0.15) is 0 Å². The molecular formula is C16H17ClN4OS. The summed E-state index contributed by atoms with van der Waals surface area (Å²) in [7, 11) is 0. The van der Waals surface area contributed by atoms with E-state index in [2.05, 4.69) is 15.4 Å². The summed E-state index contributed by atoms with van der Waals surface area (Å²) in [5.41, 5.74) is 1.86. The predicted molar refractivity (Wildman–Crippen MR) is 93.3 cm³/mol. The third-order valence-corrected chi connectivity index (χ3v) is 5.33. The Hall–Kier alpha value is -1.63. The minimum atomic E-state index is 0.656. The van der Waals surface area contributed by atoms with E-state index in [1.807, 2.05) is 35.0 Å². The highest BCUT2D eigenvalue weighted by molar-refractivity contribution is 7.20. The summed E-state index contributed by atoms with van der Waals surface area (Å²) < 4.78 is 7.26. The lowest BCUT2D eigenvalue weighted by atomic mass is 10.0. The SMILES string of the molecule is Clc1ccccc1-c1cnc2sc(NCC3CCOCC3)nn12. The molecule has 0 atom stereocenters. The molecule has 0 bridgehead atoms. The zero-order valence-corrected chi connectivity index (χ0v) is 14.1. The number of nitrogens with zero attached hydrogens (tertiary/aromatic N) is 3. The number of hydrogen-bond donors (Lipinski definition) is 1. The Morgan fingerprint density at radius 1 is 1.30 bits per heavy atom. The van der Waals surface area contributed by atoms with Crippen molar-refractivity contribution in [3.05, 3.63) is 35.5 Å². The van der Waals surface area contributed by atoms with E-state index in [9.17, 15) is 0 Å². The highest BCUT2D eigenvalue weighted by Gasteiger charge is 2.16. The van der Waals surface area contributed by atoms with Crippen molar-refractivity contribution in [2.75, 3.05) is 25.1 Å². The normalized spacial score (nSPS) is 16.0. The first kappa shape index (κ1) is 14.9. The number of imidazole rings is 1. The molecule has 1 aliphatic rings. The Bertz CT molecular complexity index is 809. The summed E-state index contributed by atoms with van der Waals surface area (Å²) in [4.78, 5) is 5.32. The van der Waals surface area contributed by atoms with Crippen LogP contribution in [0, 0.1) is 5.92 Å². The molecule has 0 radical (unpaired) electrons. The summed E-state index contributed by atoms with van der Waals surface area (Å²) in [6, 6.07) is 7.76. The van der Waals surface area contributed by atoms with Crippen LogP contribution in [-0.2, 0) is 4.74 Å². The number of hydrogen-bond acceptors (Lipinski definition) is 5. The molecule has 0 amide bonds. The molecule has 1 saturated heterocycles. The van der Waals surface area contributed by atoms with Gasteiger partial charge >= 0.3 is 0 Å². The second-order valence-corrected chi connectivity index (χ2v) is 7.02. The average Bonchev–Trinajstić information content (AvgIpc) is 3.15. The van der Waals surface area contributed by atoms with Gasteiger partial charge in [-0.3, -0.25) is 0 Å². The van der Waals surface area contributed by atoms with Crippen molar-refractivity contribution in [2.24, 2.45) is 5.92 Å². The molecule has 0 saturated carbocycles. The Labute approximate surface area is 143 Å². The highest BCUT2D eigenvalue weighted by Crippen LogP contribution is 2.30. The number of halogens is 1. The van der Waals surface area contributed by atoms with E-state index in [0.717, 1.165) is 53.9 Å². The number of anilines is 1. The van der Waals surface area contributed by atoms with Gasteiger partial charge < -0.3 is 10.1 Å². The zero-order chi connectivity index (χ0) is 15.6. The van der Waals surface area contributed by atoms with E-state index in [1.165, 1.54) is 0 Å². The summed E-state index contributed by atoms with van der Waals surface area (Å²) in [6.07, 6.45) is 4.04. The van der Waals surface area contributed by atoms with Crippen molar-refractivity contribution < 1.29 is 4.74 Å². The maximum Gasteiger partial charge on any atom is 0.214 e. The monoisotopic (exact) mass is 348 g/mol. The van der Waals surface area contributed by atoms with Gasteiger partial charge in [-0.25, -0.2) is 9.50 Å². The second-order valence-electron chi connectivity index (χ2n) is 5.66. The third-order valence-electron chi connectivity index (χ3n) is 4.12. The molecule has 2 aromatic heterocycles. The van der Waals surface area contributed by atoms with Gasteiger partial charge in [0.2, 0.25) is 10.1 Å². The average molecular weight is 349 g/mol. The van der Waals surface area contributed by atoms with Gasteiger partial charge in [0.25, 0.3) is 0 Å². The predicted octanol–water partition coefficient (Wildman–Crippen LogP) is 3.95. The Kier molecular flexibility index (Phi) is 4.20. The molecule has 1 fully saturated rings. The molecule has 0 unspecified atom stereocenters. The molecule has 0 spiro atoms. The standard InChI is InChI=1S/C16H17ClN4OS/c17-13-4-2-1-3-12(13)14-10-19-16-21(14)20-15(23-16)18-9-11-5-7-22-8-6-11/h1-4,10-11H,5-9H2,(H,18,20). The largest absolute Gasteiger partial charge is 0.381 e. The fraction of sp³-hybridized carbons (Fsp3) is 0.375. The highest BCUT2D eigenvalue weighted by atomic mass is 35.5. The summed E-state index contributed by atoms with van der Waals surface area (Å²) in [6.45, 7) is 2.66. The fourth-order valence-corrected chi connectivity index (χ4v) is 3.81. The van der Waals surface area contributed by atoms with Crippen LogP contribution in [0.5, 0.6) is 0 Å². The molecular weight excluding hydrogens is 332 g/mol. The summed E-state index contributed by atoms with van der Waals surface area (Å²) in [5.74, 6) is 0.656. The van der Waals surface area contributed by atoms with Crippen LogP contribution in [0.4, 0.5) is 5.13 Å². The van der Waals surface area contributed by atoms with Crippen LogP contribution in [0.2, 0.25) is 5.02 Å². The zero-order valence-electron chi connectivity index (χ0n) is 12.5. The van der Waals surface area contributed by atoms with Crippen molar-refractivity contribution >= 4 is 33.0 Å². The van der Waals surface area contributed by atoms with E-state index >= 15 is 0 Å². The van der Waals surface area contributed by atoms with E-state index in [1.54, 1.807) is 11.3 Å². The van der Waals surface area contributed by atoms with Gasteiger partial charge in [0, 0.05) is 25.3 Å². The Balaban J connectivity index is 1.56. The molecule has 4 rings (SSSR count).